The van der Waals surface area contributed by atoms with Crippen molar-refractivity contribution in [2.45, 2.75) is 12.5 Å². The molecule has 0 spiro atoms. The average molecular weight is 365 g/mol. The molecule has 0 radical (unpaired) electrons. The second-order valence-electron chi connectivity index (χ2n) is 6.11. The molecule has 1 amide bonds. The molecule has 1 N–H and O–H groups in total. The summed E-state index contributed by atoms with van der Waals surface area (Å²) < 4.78 is 0. The van der Waals surface area contributed by atoms with Gasteiger partial charge in [-0.2, -0.15) is 0 Å². The Morgan fingerprint density at radius 2 is 2.16 bits per heavy atom. The number of fused-ring (bicyclic) bond motifs is 2. The molecule has 124 valence electrons. The van der Waals surface area contributed by atoms with Crippen molar-refractivity contribution in [3.63, 3.8) is 0 Å². The average Bonchev–Trinajstić information content (AvgIpc) is 3.40. The van der Waals surface area contributed by atoms with Gasteiger partial charge in [0.2, 0.25) is 0 Å². The van der Waals surface area contributed by atoms with Crippen molar-refractivity contribution in [1.82, 2.24) is 14.9 Å². The second-order valence-corrected chi connectivity index (χ2v) is 8.04. The molecule has 4 heterocycles. The van der Waals surface area contributed by atoms with E-state index in [4.69, 9.17) is 0 Å². The third kappa shape index (κ3) is 2.41. The number of amides is 1. The highest BCUT2D eigenvalue weighted by Crippen LogP contribution is 2.40. The van der Waals surface area contributed by atoms with E-state index < -0.39 is 0 Å². The molecule has 1 aromatic carbocycles. The molecule has 0 saturated heterocycles. The summed E-state index contributed by atoms with van der Waals surface area (Å²) in [5.41, 5.74) is 3.85. The van der Waals surface area contributed by atoms with Crippen molar-refractivity contribution in [2.24, 2.45) is 0 Å². The third-order valence-electron chi connectivity index (χ3n) is 4.70. The van der Waals surface area contributed by atoms with Crippen molar-refractivity contribution >= 4 is 39.6 Å². The molecular formula is C19H15N3OS2. The summed E-state index contributed by atoms with van der Waals surface area (Å²) >= 11 is 3.46. The first kappa shape index (κ1) is 14.9. The van der Waals surface area contributed by atoms with Crippen molar-refractivity contribution in [3.8, 4) is 0 Å². The molecule has 1 atom stereocenters. The van der Waals surface area contributed by atoms with E-state index in [1.807, 2.05) is 23.1 Å². The number of hydrogen-bond donors (Lipinski definition) is 1. The van der Waals surface area contributed by atoms with Crippen LogP contribution in [0.4, 0.5) is 0 Å². The number of H-pyrrole nitrogens is 1. The number of benzene rings is 1. The number of rotatable bonds is 2. The number of carbonyl (C=O) groups excluding carboxylic acids is 1. The predicted molar refractivity (Wildman–Crippen MR) is 101 cm³/mol. The highest BCUT2D eigenvalue weighted by molar-refractivity contribution is 7.11. The van der Waals surface area contributed by atoms with Crippen LogP contribution in [0.5, 0.6) is 0 Å². The summed E-state index contributed by atoms with van der Waals surface area (Å²) in [4.78, 5) is 25.2. The lowest BCUT2D eigenvalue weighted by molar-refractivity contribution is 0.0701. The molecule has 0 fully saturated rings. The van der Waals surface area contributed by atoms with Gasteiger partial charge in [-0.3, -0.25) is 4.79 Å². The summed E-state index contributed by atoms with van der Waals surface area (Å²) in [5, 5.41) is 4.21. The van der Waals surface area contributed by atoms with Crippen LogP contribution in [-0.2, 0) is 6.42 Å². The van der Waals surface area contributed by atoms with Gasteiger partial charge < -0.3 is 9.88 Å². The molecule has 25 heavy (non-hydrogen) atoms. The molecular weight excluding hydrogens is 350 g/mol. The molecule has 0 saturated carbocycles. The summed E-state index contributed by atoms with van der Waals surface area (Å²) in [7, 11) is 0. The second kappa shape index (κ2) is 5.82. The lowest BCUT2D eigenvalue weighted by atomic mass is 9.99. The van der Waals surface area contributed by atoms with E-state index in [9.17, 15) is 4.79 Å². The van der Waals surface area contributed by atoms with Crippen LogP contribution < -0.4 is 0 Å². The Morgan fingerprint density at radius 1 is 1.20 bits per heavy atom. The fraction of sp³-hybridized carbons (Fsp3) is 0.158. The van der Waals surface area contributed by atoms with Crippen LogP contribution in [0, 0.1) is 0 Å². The SMILES string of the molecule is O=C(c1ccc2nc[nH]c2c1)N1CCc2ccsc2C1c1cccs1. The first-order valence-electron chi connectivity index (χ1n) is 8.15. The van der Waals surface area contributed by atoms with E-state index in [1.54, 1.807) is 29.0 Å². The third-order valence-corrected chi connectivity index (χ3v) is 6.64. The van der Waals surface area contributed by atoms with Crippen LogP contribution in [0.1, 0.15) is 31.7 Å². The summed E-state index contributed by atoms with van der Waals surface area (Å²) in [5.74, 6) is 0.0777. The van der Waals surface area contributed by atoms with Crippen molar-refractivity contribution in [1.29, 1.82) is 0 Å². The van der Waals surface area contributed by atoms with Gasteiger partial charge in [-0.15, -0.1) is 22.7 Å². The first-order chi connectivity index (χ1) is 12.3. The number of carbonyl (C=O) groups is 1. The van der Waals surface area contributed by atoms with E-state index in [-0.39, 0.29) is 11.9 Å². The van der Waals surface area contributed by atoms with Crippen LogP contribution in [0.2, 0.25) is 0 Å². The summed E-state index contributed by atoms with van der Waals surface area (Å²) in [6, 6.07) is 12.1. The van der Waals surface area contributed by atoms with Gasteiger partial charge in [0.15, 0.2) is 0 Å². The Labute approximate surface area is 152 Å². The molecule has 3 aromatic heterocycles. The van der Waals surface area contributed by atoms with Gasteiger partial charge in [0.25, 0.3) is 5.91 Å². The molecule has 1 unspecified atom stereocenters. The van der Waals surface area contributed by atoms with Crippen LogP contribution >= 0.6 is 22.7 Å². The lowest BCUT2D eigenvalue weighted by Gasteiger charge is -2.35. The van der Waals surface area contributed by atoms with Gasteiger partial charge in [0, 0.05) is 21.9 Å². The van der Waals surface area contributed by atoms with E-state index in [0.717, 1.165) is 24.0 Å². The zero-order valence-corrected chi connectivity index (χ0v) is 14.9. The van der Waals surface area contributed by atoms with E-state index >= 15 is 0 Å². The number of aromatic amines is 1. The summed E-state index contributed by atoms with van der Waals surface area (Å²) in [6.07, 6.45) is 2.57. The standard InChI is InChI=1S/C19H15N3OS2/c23-19(13-3-4-14-15(10-13)21-11-20-14)22-7-5-12-6-9-25-18(12)17(22)16-2-1-8-24-16/h1-4,6,8-11,17H,5,7H2,(H,20,21). The van der Waals surface area contributed by atoms with E-state index in [0.29, 0.717) is 5.56 Å². The molecule has 1 aliphatic rings. The Kier molecular flexibility index (Phi) is 3.46. The Hall–Kier alpha value is -2.44. The van der Waals surface area contributed by atoms with E-state index in [2.05, 4.69) is 38.9 Å². The minimum absolute atomic E-state index is 0.0220. The number of aromatic nitrogens is 2. The van der Waals surface area contributed by atoms with Crippen molar-refractivity contribution < 1.29 is 4.79 Å². The predicted octanol–water partition coefficient (Wildman–Crippen LogP) is 4.47. The maximum absolute atomic E-state index is 13.3. The van der Waals surface area contributed by atoms with Crippen molar-refractivity contribution in [2.75, 3.05) is 6.54 Å². The summed E-state index contributed by atoms with van der Waals surface area (Å²) in [6.45, 7) is 0.742. The van der Waals surface area contributed by atoms with Gasteiger partial charge in [-0.25, -0.2) is 4.98 Å². The smallest absolute Gasteiger partial charge is 0.254 e. The zero-order chi connectivity index (χ0) is 16.8. The fourth-order valence-corrected chi connectivity index (χ4v) is 5.49. The van der Waals surface area contributed by atoms with Crippen LogP contribution in [0.3, 0.4) is 0 Å². The number of hydrogen-bond acceptors (Lipinski definition) is 4. The highest BCUT2D eigenvalue weighted by atomic mass is 32.1. The fourth-order valence-electron chi connectivity index (χ4n) is 3.49. The minimum atomic E-state index is 0.0220. The number of nitrogens with zero attached hydrogens (tertiary/aromatic N) is 2. The number of thiophene rings is 2. The normalized spacial score (nSPS) is 17.0. The Balaban J connectivity index is 1.58. The first-order valence-corrected chi connectivity index (χ1v) is 9.91. The molecule has 6 heteroatoms. The Bertz CT molecular complexity index is 1050. The monoisotopic (exact) mass is 365 g/mol. The molecule has 4 aromatic rings. The van der Waals surface area contributed by atoms with Gasteiger partial charge in [-0.05, 0) is 53.1 Å². The Morgan fingerprint density at radius 3 is 3.04 bits per heavy atom. The van der Waals surface area contributed by atoms with Gasteiger partial charge in [-0.1, -0.05) is 6.07 Å². The van der Waals surface area contributed by atoms with Crippen LogP contribution in [0.25, 0.3) is 11.0 Å². The quantitative estimate of drug-likeness (QED) is 0.570. The van der Waals surface area contributed by atoms with Crippen LogP contribution in [-0.4, -0.2) is 27.3 Å². The molecule has 0 bridgehead atoms. The molecule has 1 aliphatic heterocycles. The van der Waals surface area contributed by atoms with Crippen molar-refractivity contribution in [3.05, 3.63) is 74.4 Å². The van der Waals surface area contributed by atoms with Crippen LogP contribution in [0.15, 0.2) is 53.5 Å². The molecule has 0 aliphatic carbocycles. The van der Waals surface area contributed by atoms with Gasteiger partial charge in [0.05, 0.1) is 17.4 Å². The maximum Gasteiger partial charge on any atom is 0.254 e. The number of imidazole rings is 1. The largest absolute Gasteiger partial charge is 0.345 e. The minimum Gasteiger partial charge on any atom is -0.345 e. The van der Waals surface area contributed by atoms with Gasteiger partial charge in [0.1, 0.15) is 6.04 Å². The number of nitrogens with one attached hydrogen (secondary N) is 1. The topological polar surface area (TPSA) is 49.0 Å². The zero-order valence-electron chi connectivity index (χ0n) is 13.3. The van der Waals surface area contributed by atoms with Gasteiger partial charge >= 0.3 is 0 Å². The molecule has 5 rings (SSSR count). The molecule has 4 nitrogen and oxygen atoms in total. The highest BCUT2D eigenvalue weighted by Gasteiger charge is 2.34. The maximum atomic E-state index is 13.3. The van der Waals surface area contributed by atoms with E-state index in [1.165, 1.54) is 15.3 Å². The lowest BCUT2D eigenvalue weighted by Crippen LogP contribution is -2.39.